The Morgan fingerprint density at radius 2 is 1.83 bits per heavy atom. The van der Waals surface area contributed by atoms with Crippen molar-refractivity contribution in [1.82, 2.24) is 0 Å². The lowest BCUT2D eigenvalue weighted by Gasteiger charge is -2.59. The largest absolute Gasteiger partial charge is 0.396 e. The van der Waals surface area contributed by atoms with Crippen molar-refractivity contribution in [2.24, 2.45) is 44.8 Å². The normalized spacial score (nSPS) is 39.8. The second kappa shape index (κ2) is 9.54. The molecule has 0 bridgehead atoms. The molecule has 0 heterocycles. The van der Waals surface area contributed by atoms with Crippen LogP contribution in [0.15, 0.2) is 23.3 Å². The molecule has 0 saturated heterocycles. The van der Waals surface area contributed by atoms with E-state index < -0.39 is 5.41 Å². The number of nitriles is 1. The number of hydrogen-bond acceptors (Lipinski definition) is 4. The van der Waals surface area contributed by atoms with Crippen molar-refractivity contribution in [3.63, 3.8) is 0 Å². The fourth-order valence-electron chi connectivity index (χ4n) is 8.24. The topological polar surface area (TPSA) is 78.2 Å². The highest BCUT2D eigenvalue weighted by molar-refractivity contribution is 6.02. The summed E-state index contributed by atoms with van der Waals surface area (Å²) in [5.74, 6) is 0.258. The van der Waals surface area contributed by atoms with Crippen LogP contribution in [0.2, 0.25) is 0 Å². The summed E-state index contributed by atoms with van der Waals surface area (Å²) in [6.07, 6.45) is 10.7. The molecule has 0 amide bonds. The molecule has 0 radical (unpaired) electrons. The minimum Gasteiger partial charge on any atom is -0.396 e. The van der Waals surface area contributed by atoms with Crippen LogP contribution in [0, 0.1) is 56.2 Å². The summed E-state index contributed by atoms with van der Waals surface area (Å²) in [5, 5.41) is 20.3. The average molecular weight is 496 g/mol. The molecule has 0 aromatic heterocycles. The van der Waals surface area contributed by atoms with Crippen LogP contribution in [0.1, 0.15) is 107 Å². The summed E-state index contributed by atoms with van der Waals surface area (Å²) in [5.41, 5.74) is 0.656. The van der Waals surface area contributed by atoms with Gasteiger partial charge in [-0.05, 0) is 91.4 Å². The number of fused-ring (bicyclic) bond motifs is 1. The van der Waals surface area contributed by atoms with Gasteiger partial charge in [-0.15, -0.1) is 0 Å². The number of hydrogen-bond donors (Lipinski definition) is 1. The molecule has 2 fully saturated rings. The van der Waals surface area contributed by atoms with Gasteiger partial charge in [0.15, 0.2) is 11.6 Å². The lowest BCUT2D eigenvalue weighted by molar-refractivity contribution is -0.123. The van der Waals surface area contributed by atoms with E-state index >= 15 is 0 Å². The highest BCUT2D eigenvalue weighted by atomic mass is 16.3. The van der Waals surface area contributed by atoms with Crippen LogP contribution in [0.5, 0.6) is 0 Å². The third-order valence-electron chi connectivity index (χ3n) is 11.4. The molecular weight excluding hydrogens is 446 g/mol. The lowest BCUT2D eigenvalue weighted by atomic mass is 9.44. The minimum absolute atomic E-state index is 0.0142. The van der Waals surface area contributed by atoms with Crippen molar-refractivity contribution in [3.05, 3.63) is 23.3 Å². The van der Waals surface area contributed by atoms with Gasteiger partial charge in [0.25, 0.3) is 0 Å². The van der Waals surface area contributed by atoms with Gasteiger partial charge in [-0.3, -0.25) is 9.59 Å². The van der Waals surface area contributed by atoms with Crippen molar-refractivity contribution in [2.75, 3.05) is 6.61 Å². The summed E-state index contributed by atoms with van der Waals surface area (Å²) >= 11 is 0. The minimum atomic E-state index is -0.509. The van der Waals surface area contributed by atoms with E-state index in [1.807, 2.05) is 19.1 Å². The van der Waals surface area contributed by atoms with E-state index in [4.69, 9.17) is 0 Å². The molecule has 0 aliphatic heterocycles. The second-order valence-corrected chi connectivity index (χ2v) is 14.4. The van der Waals surface area contributed by atoms with Crippen molar-refractivity contribution in [2.45, 2.75) is 107 Å². The Morgan fingerprint density at radius 3 is 2.36 bits per heavy atom. The van der Waals surface area contributed by atoms with Crippen LogP contribution < -0.4 is 0 Å². The zero-order chi connectivity index (χ0) is 27.3. The first-order valence-corrected chi connectivity index (χ1v) is 14.0. The number of aliphatic hydroxyl groups is 1. The van der Waals surface area contributed by atoms with Gasteiger partial charge in [-0.1, -0.05) is 67.0 Å². The van der Waals surface area contributed by atoms with Gasteiger partial charge >= 0.3 is 0 Å². The SMILES string of the molecule is CC(=O)/C=C1/[C@@]2(C)C=C(C#N)C(=O)[C@@H](C)[C@@H]2CC[C@@]1(C)C(C)(C)CC[C@@]1(CO)CCC(C)(C)CC1C. The van der Waals surface area contributed by atoms with Crippen LogP contribution in [-0.4, -0.2) is 23.3 Å². The van der Waals surface area contributed by atoms with Crippen LogP contribution in [0.25, 0.3) is 0 Å². The molecule has 6 atom stereocenters. The highest BCUT2D eigenvalue weighted by Crippen LogP contribution is 2.65. The number of rotatable bonds is 6. The quantitative estimate of drug-likeness (QED) is 0.394. The van der Waals surface area contributed by atoms with Crippen molar-refractivity contribution in [1.29, 1.82) is 5.26 Å². The number of carbonyl (C=O) groups excluding carboxylic acids is 2. The molecule has 0 aromatic rings. The van der Waals surface area contributed by atoms with Crippen molar-refractivity contribution in [3.8, 4) is 6.07 Å². The van der Waals surface area contributed by atoms with E-state index in [-0.39, 0.29) is 51.8 Å². The van der Waals surface area contributed by atoms with Gasteiger partial charge < -0.3 is 5.11 Å². The zero-order valence-electron chi connectivity index (χ0n) is 24.3. The fraction of sp³-hybridized carbons (Fsp3) is 0.781. The molecule has 36 heavy (non-hydrogen) atoms. The Hall–Kier alpha value is -1.73. The number of nitrogens with zero attached hydrogens (tertiary/aromatic N) is 1. The van der Waals surface area contributed by atoms with Gasteiger partial charge in [0, 0.05) is 17.9 Å². The van der Waals surface area contributed by atoms with E-state index in [0.717, 1.165) is 50.5 Å². The van der Waals surface area contributed by atoms with Gasteiger partial charge in [-0.25, -0.2) is 0 Å². The van der Waals surface area contributed by atoms with Gasteiger partial charge in [0.2, 0.25) is 0 Å². The Kier molecular flexibility index (Phi) is 7.64. The molecule has 1 N–H and O–H groups in total. The molecule has 2 saturated carbocycles. The zero-order valence-corrected chi connectivity index (χ0v) is 24.3. The number of ketones is 2. The molecular formula is C32H49NO3. The summed E-state index contributed by atoms with van der Waals surface area (Å²) in [7, 11) is 0. The molecule has 3 rings (SSSR count). The molecule has 4 heteroatoms. The van der Waals surface area contributed by atoms with Crippen LogP contribution in [-0.2, 0) is 9.59 Å². The lowest BCUT2D eigenvalue weighted by Crippen LogP contribution is -2.53. The molecule has 4 nitrogen and oxygen atoms in total. The summed E-state index contributed by atoms with van der Waals surface area (Å²) < 4.78 is 0. The number of aliphatic hydroxyl groups excluding tert-OH is 1. The Labute approximate surface area is 219 Å². The fourth-order valence-corrected chi connectivity index (χ4v) is 8.24. The highest BCUT2D eigenvalue weighted by Gasteiger charge is 2.58. The summed E-state index contributed by atoms with van der Waals surface area (Å²) in [6, 6.07) is 2.15. The maximum absolute atomic E-state index is 12.9. The molecule has 0 spiro atoms. The summed E-state index contributed by atoms with van der Waals surface area (Å²) in [4.78, 5) is 25.4. The van der Waals surface area contributed by atoms with Gasteiger partial charge in [0.1, 0.15) is 6.07 Å². The Bertz CT molecular complexity index is 1010. The number of carbonyl (C=O) groups is 2. The Morgan fingerprint density at radius 1 is 1.19 bits per heavy atom. The predicted molar refractivity (Wildman–Crippen MR) is 145 cm³/mol. The number of Topliss-reactive ketones (excluding diaryl/α,β-unsaturated/α-hetero) is 1. The molecule has 0 aromatic carbocycles. The number of allylic oxidation sites excluding steroid dienone is 4. The van der Waals surface area contributed by atoms with Crippen LogP contribution in [0.4, 0.5) is 0 Å². The molecule has 3 aliphatic rings. The monoisotopic (exact) mass is 495 g/mol. The molecule has 200 valence electrons. The smallest absolute Gasteiger partial charge is 0.176 e. The first-order valence-electron chi connectivity index (χ1n) is 14.0. The predicted octanol–water partition coefficient (Wildman–Crippen LogP) is 7.22. The van der Waals surface area contributed by atoms with E-state index in [1.54, 1.807) is 6.92 Å². The van der Waals surface area contributed by atoms with Gasteiger partial charge in [0.05, 0.1) is 5.57 Å². The van der Waals surface area contributed by atoms with E-state index in [1.165, 1.54) is 0 Å². The van der Waals surface area contributed by atoms with Crippen LogP contribution >= 0.6 is 0 Å². The van der Waals surface area contributed by atoms with Crippen molar-refractivity contribution >= 4 is 11.6 Å². The average Bonchev–Trinajstić information content (AvgIpc) is 2.78. The third-order valence-corrected chi connectivity index (χ3v) is 11.4. The van der Waals surface area contributed by atoms with Gasteiger partial charge in [-0.2, -0.15) is 5.26 Å². The second-order valence-electron chi connectivity index (χ2n) is 14.4. The van der Waals surface area contributed by atoms with E-state index in [2.05, 4.69) is 54.5 Å². The van der Waals surface area contributed by atoms with Crippen LogP contribution in [0.3, 0.4) is 0 Å². The molecule has 3 aliphatic carbocycles. The first kappa shape index (κ1) is 28.8. The Balaban J connectivity index is 2.01. The summed E-state index contributed by atoms with van der Waals surface area (Å²) in [6.45, 7) is 19.8. The van der Waals surface area contributed by atoms with E-state index in [9.17, 15) is 20.0 Å². The molecule has 1 unspecified atom stereocenters. The standard InChI is InChI=1S/C32H49NO3/c1-21-17-28(4,5)12-14-32(21,20-34)15-13-29(6,7)31(9)11-10-25-23(3)27(36)24(19-33)18-30(25,8)26(31)16-22(2)35/h16,18,21,23,25,34H,10-15,17,20H2,1-9H3/b26-16-/t21?,23-,25-,30-,31+,32+/m0/s1. The third kappa shape index (κ3) is 4.66. The maximum atomic E-state index is 12.9. The first-order chi connectivity index (χ1) is 16.5. The van der Waals surface area contributed by atoms with E-state index in [0.29, 0.717) is 11.3 Å². The van der Waals surface area contributed by atoms with Crippen molar-refractivity contribution < 1.29 is 14.7 Å². The maximum Gasteiger partial charge on any atom is 0.176 e.